The Bertz CT molecular complexity index is 312. The fourth-order valence-corrected chi connectivity index (χ4v) is 1.10. The van der Waals surface area contributed by atoms with E-state index in [1.807, 2.05) is 0 Å². The second-order valence-corrected chi connectivity index (χ2v) is 2.79. The van der Waals surface area contributed by atoms with Crippen molar-refractivity contribution in [3.63, 3.8) is 0 Å². The zero-order valence-corrected chi connectivity index (χ0v) is 7.26. The number of hydrogen-bond acceptors (Lipinski definition) is 2. The standard InChI is InChI=1S/C7H4Cl2O3/c8-4-1-2-6(5(9)3-4)12-7(10)11/h1-3H,(H,10,11). The molecular weight excluding hydrogens is 203 g/mol. The van der Waals surface area contributed by atoms with E-state index in [9.17, 15) is 4.79 Å². The van der Waals surface area contributed by atoms with E-state index in [1.165, 1.54) is 18.2 Å². The van der Waals surface area contributed by atoms with E-state index in [0.717, 1.165) is 0 Å². The van der Waals surface area contributed by atoms with E-state index < -0.39 is 6.16 Å². The molecule has 12 heavy (non-hydrogen) atoms. The van der Waals surface area contributed by atoms with E-state index >= 15 is 0 Å². The molecule has 5 heteroatoms. The van der Waals surface area contributed by atoms with Gasteiger partial charge in [-0.05, 0) is 18.2 Å². The Morgan fingerprint density at radius 3 is 2.58 bits per heavy atom. The van der Waals surface area contributed by atoms with Crippen LogP contribution in [0.15, 0.2) is 18.2 Å². The van der Waals surface area contributed by atoms with Gasteiger partial charge in [-0.3, -0.25) is 0 Å². The summed E-state index contributed by atoms with van der Waals surface area (Å²) in [6, 6.07) is 4.28. The van der Waals surface area contributed by atoms with Crippen LogP contribution in [0.4, 0.5) is 4.79 Å². The molecule has 1 rings (SSSR count). The smallest absolute Gasteiger partial charge is 0.449 e. The van der Waals surface area contributed by atoms with Gasteiger partial charge in [-0.25, -0.2) is 4.79 Å². The summed E-state index contributed by atoms with van der Waals surface area (Å²) in [5.41, 5.74) is 0. The van der Waals surface area contributed by atoms with Gasteiger partial charge < -0.3 is 9.84 Å². The minimum Gasteiger partial charge on any atom is -0.449 e. The maximum atomic E-state index is 10.1. The summed E-state index contributed by atoms with van der Waals surface area (Å²) >= 11 is 11.2. The zero-order valence-electron chi connectivity index (χ0n) is 5.75. The van der Waals surface area contributed by atoms with Crippen LogP contribution in [0.25, 0.3) is 0 Å². The molecule has 0 saturated heterocycles. The van der Waals surface area contributed by atoms with Crippen LogP contribution < -0.4 is 4.74 Å². The monoisotopic (exact) mass is 206 g/mol. The molecule has 0 atom stereocenters. The Hall–Kier alpha value is -0.930. The molecule has 0 aliphatic rings. The molecule has 0 bridgehead atoms. The van der Waals surface area contributed by atoms with Crippen molar-refractivity contribution in [2.45, 2.75) is 0 Å². The number of halogens is 2. The van der Waals surface area contributed by atoms with Crippen LogP contribution in [0, 0.1) is 0 Å². The third kappa shape index (κ3) is 2.29. The normalized spacial score (nSPS) is 9.50. The molecular formula is C7H4Cl2O3. The number of benzene rings is 1. The van der Waals surface area contributed by atoms with Crippen molar-refractivity contribution >= 4 is 29.4 Å². The SMILES string of the molecule is O=C(O)Oc1ccc(Cl)cc1Cl. The maximum absolute atomic E-state index is 10.1. The minimum atomic E-state index is -1.40. The van der Waals surface area contributed by atoms with E-state index in [-0.39, 0.29) is 10.8 Å². The Balaban J connectivity index is 2.93. The molecule has 0 saturated carbocycles. The van der Waals surface area contributed by atoms with Gasteiger partial charge in [-0.2, -0.15) is 0 Å². The molecule has 0 unspecified atom stereocenters. The highest BCUT2D eigenvalue weighted by molar-refractivity contribution is 6.35. The highest BCUT2D eigenvalue weighted by Crippen LogP contribution is 2.27. The Morgan fingerprint density at radius 1 is 1.42 bits per heavy atom. The molecule has 0 heterocycles. The summed E-state index contributed by atoms with van der Waals surface area (Å²) in [7, 11) is 0. The molecule has 0 spiro atoms. The van der Waals surface area contributed by atoms with Crippen molar-refractivity contribution in [3.05, 3.63) is 28.2 Å². The Kier molecular flexibility index (Phi) is 2.78. The average Bonchev–Trinajstić information content (AvgIpc) is 1.94. The lowest BCUT2D eigenvalue weighted by molar-refractivity contribution is 0.144. The molecule has 0 radical (unpaired) electrons. The van der Waals surface area contributed by atoms with Gasteiger partial charge in [0, 0.05) is 5.02 Å². The average molecular weight is 207 g/mol. The summed E-state index contributed by atoms with van der Waals surface area (Å²) < 4.78 is 4.33. The number of carboxylic acid groups (broad SMARTS) is 1. The fraction of sp³-hybridized carbons (Fsp3) is 0. The first-order chi connectivity index (χ1) is 5.59. The van der Waals surface area contributed by atoms with Crippen molar-refractivity contribution in [2.24, 2.45) is 0 Å². The van der Waals surface area contributed by atoms with Crippen LogP contribution in [-0.4, -0.2) is 11.3 Å². The minimum absolute atomic E-state index is 0.0774. The summed E-state index contributed by atoms with van der Waals surface area (Å²) in [5.74, 6) is 0.0774. The number of hydrogen-bond donors (Lipinski definition) is 1. The lowest BCUT2D eigenvalue weighted by Crippen LogP contribution is -2.03. The molecule has 1 aromatic rings. The van der Waals surface area contributed by atoms with Gasteiger partial charge in [0.05, 0.1) is 5.02 Å². The molecule has 1 aromatic carbocycles. The maximum Gasteiger partial charge on any atom is 0.511 e. The van der Waals surface area contributed by atoms with E-state index in [2.05, 4.69) is 4.74 Å². The van der Waals surface area contributed by atoms with Crippen LogP contribution in [0.1, 0.15) is 0 Å². The summed E-state index contributed by atoms with van der Waals surface area (Å²) in [6.07, 6.45) is -1.40. The topological polar surface area (TPSA) is 46.5 Å². The van der Waals surface area contributed by atoms with Crippen molar-refractivity contribution in [1.29, 1.82) is 0 Å². The van der Waals surface area contributed by atoms with Gasteiger partial charge in [0.2, 0.25) is 0 Å². The number of ether oxygens (including phenoxy) is 1. The first-order valence-electron chi connectivity index (χ1n) is 2.95. The van der Waals surface area contributed by atoms with Gasteiger partial charge in [0.1, 0.15) is 0 Å². The van der Waals surface area contributed by atoms with Gasteiger partial charge >= 0.3 is 6.16 Å². The molecule has 0 fully saturated rings. The zero-order chi connectivity index (χ0) is 9.14. The summed E-state index contributed by atoms with van der Waals surface area (Å²) in [4.78, 5) is 10.1. The van der Waals surface area contributed by atoms with Crippen LogP contribution in [0.5, 0.6) is 5.75 Å². The molecule has 1 N–H and O–H groups in total. The highest BCUT2D eigenvalue weighted by Gasteiger charge is 2.05. The summed E-state index contributed by atoms with van der Waals surface area (Å²) in [5, 5.41) is 8.85. The largest absolute Gasteiger partial charge is 0.511 e. The van der Waals surface area contributed by atoms with Crippen LogP contribution in [-0.2, 0) is 0 Å². The molecule has 0 aliphatic heterocycles. The van der Waals surface area contributed by atoms with Crippen molar-refractivity contribution in [1.82, 2.24) is 0 Å². The van der Waals surface area contributed by atoms with E-state index in [0.29, 0.717) is 5.02 Å². The summed E-state index contributed by atoms with van der Waals surface area (Å²) in [6.45, 7) is 0. The number of carbonyl (C=O) groups is 1. The van der Waals surface area contributed by atoms with Gasteiger partial charge in [-0.1, -0.05) is 23.2 Å². The predicted octanol–water partition coefficient (Wildman–Crippen LogP) is 3.05. The van der Waals surface area contributed by atoms with Gasteiger partial charge in [0.15, 0.2) is 5.75 Å². The quantitative estimate of drug-likeness (QED) is 0.568. The molecule has 64 valence electrons. The van der Waals surface area contributed by atoms with Crippen molar-refractivity contribution in [2.75, 3.05) is 0 Å². The van der Waals surface area contributed by atoms with Crippen LogP contribution in [0.3, 0.4) is 0 Å². The lowest BCUT2D eigenvalue weighted by Gasteiger charge is -2.01. The van der Waals surface area contributed by atoms with Gasteiger partial charge in [-0.15, -0.1) is 0 Å². The van der Waals surface area contributed by atoms with Crippen molar-refractivity contribution in [3.8, 4) is 5.75 Å². The Morgan fingerprint density at radius 2 is 2.08 bits per heavy atom. The third-order valence-electron chi connectivity index (χ3n) is 1.09. The molecule has 3 nitrogen and oxygen atoms in total. The number of rotatable bonds is 1. The van der Waals surface area contributed by atoms with Crippen LogP contribution in [0.2, 0.25) is 10.0 Å². The second-order valence-electron chi connectivity index (χ2n) is 1.94. The molecule has 0 aliphatic carbocycles. The fourth-order valence-electron chi connectivity index (χ4n) is 0.652. The Labute approximate surface area is 78.5 Å². The predicted molar refractivity (Wildman–Crippen MR) is 45.1 cm³/mol. The van der Waals surface area contributed by atoms with E-state index in [1.54, 1.807) is 0 Å². The lowest BCUT2D eigenvalue weighted by atomic mass is 10.3. The van der Waals surface area contributed by atoms with Crippen molar-refractivity contribution < 1.29 is 14.6 Å². The molecule has 0 aromatic heterocycles. The first-order valence-corrected chi connectivity index (χ1v) is 3.71. The molecule has 0 amide bonds. The first kappa shape index (κ1) is 9.16. The van der Waals surface area contributed by atoms with E-state index in [4.69, 9.17) is 28.3 Å². The van der Waals surface area contributed by atoms with Gasteiger partial charge in [0.25, 0.3) is 0 Å². The third-order valence-corrected chi connectivity index (χ3v) is 1.62. The second kappa shape index (κ2) is 3.65. The highest BCUT2D eigenvalue weighted by atomic mass is 35.5. The van der Waals surface area contributed by atoms with Crippen LogP contribution >= 0.6 is 23.2 Å².